The van der Waals surface area contributed by atoms with Gasteiger partial charge < -0.3 is 10.2 Å². The Balaban J connectivity index is 2.30. The lowest BCUT2D eigenvalue weighted by Gasteiger charge is -2.31. The number of rotatable bonds is 5. The molecule has 1 aromatic rings. The van der Waals surface area contributed by atoms with E-state index in [2.05, 4.69) is 30.1 Å². The van der Waals surface area contributed by atoms with E-state index in [1.807, 2.05) is 13.0 Å². The minimum absolute atomic E-state index is 0.0899. The maximum absolute atomic E-state index is 14.1. The zero-order chi connectivity index (χ0) is 13.8. The van der Waals surface area contributed by atoms with E-state index in [4.69, 9.17) is 0 Å². The highest BCUT2D eigenvalue weighted by molar-refractivity contribution is 5.56. The van der Waals surface area contributed by atoms with E-state index in [1.54, 1.807) is 6.07 Å². The van der Waals surface area contributed by atoms with Crippen LogP contribution < -0.4 is 10.2 Å². The van der Waals surface area contributed by atoms with Gasteiger partial charge in [-0.25, -0.2) is 4.39 Å². The first-order valence-electron chi connectivity index (χ1n) is 7.40. The van der Waals surface area contributed by atoms with Crippen molar-refractivity contribution in [3.63, 3.8) is 0 Å². The van der Waals surface area contributed by atoms with Crippen molar-refractivity contribution >= 4 is 5.69 Å². The monoisotopic (exact) mass is 264 g/mol. The Bertz CT molecular complexity index is 417. The summed E-state index contributed by atoms with van der Waals surface area (Å²) in [5.41, 5.74) is 1.90. The van der Waals surface area contributed by atoms with E-state index in [1.165, 1.54) is 12.8 Å². The van der Waals surface area contributed by atoms with Gasteiger partial charge in [0.1, 0.15) is 5.82 Å². The number of benzene rings is 1. The van der Waals surface area contributed by atoms with Crippen LogP contribution in [0.1, 0.15) is 39.2 Å². The molecule has 1 N–H and O–H groups in total. The molecule has 19 heavy (non-hydrogen) atoms. The highest BCUT2D eigenvalue weighted by Gasteiger charge is 2.29. The Kier molecular flexibility index (Phi) is 4.81. The number of anilines is 1. The molecule has 1 aromatic carbocycles. The van der Waals surface area contributed by atoms with Gasteiger partial charge in [0.2, 0.25) is 0 Å². The third-order valence-electron chi connectivity index (χ3n) is 4.02. The lowest BCUT2D eigenvalue weighted by atomic mass is 10.0. The predicted molar refractivity (Wildman–Crippen MR) is 79.0 cm³/mol. The molecular weight excluding hydrogens is 239 g/mol. The zero-order valence-electron chi connectivity index (χ0n) is 12.2. The molecule has 0 spiro atoms. The highest BCUT2D eigenvalue weighted by Crippen LogP contribution is 2.33. The molecule has 1 heterocycles. The molecule has 0 bridgehead atoms. The van der Waals surface area contributed by atoms with Crippen molar-refractivity contribution in [3.05, 3.63) is 29.6 Å². The molecule has 0 amide bonds. The third kappa shape index (κ3) is 3.08. The number of hydrogen-bond acceptors (Lipinski definition) is 2. The predicted octanol–water partition coefficient (Wildman–Crippen LogP) is 3.56. The lowest BCUT2D eigenvalue weighted by molar-refractivity contribution is 0.489. The van der Waals surface area contributed by atoms with Crippen LogP contribution in [-0.4, -0.2) is 19.1 Å². The molecule has 0 aromatic heterocycles. The van der Waals surface area contributed by atoms with Gasteiger partial charge in [0.05, 0.1) is 0 Å². The minimum Gasteiger partial charge on any atom is -0.368 e. The third-order valence-corrected chi connectivity index (χ3v) is 4.02. The smallest absolute Gasteiger partial charge is 0.129 e. The van der Waals surface area contributed by atoms with Crippen molar-refractivity contribution in [3.8, 4) is 0 Å². The average molecular weight is 264 g/mol. The maximum Gasteiger partial charge on any atom is 0.129 e. The van der Waals surface area contributed by atoms with Crippen LogP contribution in [0.5, 0.6) is 0 Å². The van der Waals surface area contributed by atoms with Crippen LogP contribution in [-0.2, 0) is 6.54 Å². The molecule has 1 saturated heterocycles. The summed E-state index contributed by atoms with van der Waals surface area (Å²) in [6.07, 6.45) is 2.43. The minimum atomic E-state index is -0.0899. The number of nitrogens with one attached hydrogen (secondary N) is 1. The Morgan fingerprint density at radius 2 is 2.21 bits per heavy atom. The lowest BCUT2D eigenvalue weighted by Crippen LogP contribution is -2.34. The van der Waals surface area contributed by atoms with Gasteiger partial charge in [-0.3, -0.25) is 0 Å². The molecule has 2 rings (SSSR count). The molecule has 3 heteroatoms. The SMILES string of the molecule is CCNCc1c(F)cccc1N1CCCC1C(C)C. The van der Waals surface area contributed by atoms with Crippen LogP contribution >= 0.6 is 0 Å². The molecule has 1 unspecified atom stereocenters. The second kappa shape index (κ2) is 6.38. The molecule has 1 fully saturated rings. The largest absolute Gasteiger partial charge is 0.368 e. The molecule has 1 aliphatic rings. The van der Waals surface area contributed by atoms with Gasteiger partial charge in [0.25, 0.3) is 0 Å². The van der Waals surface area contributed by atoms with Crippen molar-refractivity contribution in [1.29, 1.82) is 0 Å². The van der Waals surface area contributed by atoms with Crippen molar-refractivity contribution < 1.29 is 4.39 Å². The summed E-state index contributed by atoms with van der Waals surface area (Å²) >= 11 is 0. The first-order valence-corrected chi connectivity index (χ1v) is 7.40. The van der Waals surface area contributed by atoms with Gasteiger partial charge >= 0.3 is 0 Å². The van der Waals surface area contributed by atoms with Crippen LogP contribution in [0.15, 0.2) is 18.2 Å². The maximum atomic E-state index is 14.1. The summed E-state index contributed by atoms with van der Waals surface area (Å²) in [5, 5.41) is 3.25. The molecule has 0 radical (unpaired) electrons. The Morgan fingerprint density at radius 3 is 2.89 bits per heavy atom. The van der Waals surface area contributed by atoms with E-state index in [0.29, 0.717) is 18.5 Å². The normalized spacial score (nSPS) is 19.4. The summed E-state index contributed by atoms with van der Waals surface area (Å²) in [4.78, 5) is 2.40. The number of halogens is 1. The summed E-state index contributed by atoms with van der Waals surface area (Å²) in [7, 11) is 0. The van der Waals surface area contributed by atoms with E-state index < -0.39 is 0 Å². The number of nitrogens with zero attached hydrogens (tertiary/aromatic N) is 1. The summed E-state index contributed by atoms with van der Waals surface area (Å²) < 4.78 is 14.1. The second-order valence-corrected chi connectivity index (χ2v) is 5.66. The Morgan fingerprint density at radius 1 is 1.42 bits per heavy atom. The van der Waals surface area contributed by atoms with Crippen LogP contribution in [0.25, 0.3) is 0 Å². The average Bonchev–Trinajstić information content (AvgIpc) is 2.86. The number of hydrogen-bond donors (Lipinski definition) is 1. The first-order chi connectivity index (χ1) is 9.15. The van der Waals surface area contributed by atoms with E-state index in [9.17, 15) is 4.39 Å². The van der Waals surface area contributed by atoms with Gasteiger partial charge in [0, 0.05) is 30.4 Å². The van der Waals surface area contributed by atoms with Crippen molar-refractivity contribution in [2.24, 2.45) is 5.92 Å². The summed E-state index contributed by atoms with van der Waals surface area (Å²) in [5.74, 6) is 0.519. The summed E-state index contributed by atoms with van der Waals surface area (Å²) in [6.45, 7) is 9.08. The molecule has 1 aliphatic heterocycles. The van der Waals surface area contributed by atoms with Crippen molar-refractivity contribution in [2.75, 3.05) is 18.0 Å². The van der Waals surface area contributed by atoms with Gasteiger partial charge in [-0.05, 0) is 37.4 Å². The van der Waals surface area contributed by atoms with Crippen molar-refractivity contribution in [1.82, 2.24) is 5.32 Å². The highest BCUT2D eigenvalue weighted by atomic mass is 19.1. The fourth-order valence-electron chi connectivity index (χ4n) is 3.03. The quantitative estimate of drug-likeness (QED) is 0.874. The van der Waals surface area contributed by atoms with E-state index >= 15 is 0 Å². The van der Waals surface area contributed by atoms with Crippen LogP contribution in [0.3, 0.4) is 0 Å². The first kappa shape index (κ1) is 14.3. The van der Waals surface area contributed by atoms with Crippen LogP contribution in [0.4, 0.5) is 10.1 Å². The molecule has 2 nitrogen and oxygen atoms in total. The van der Waals surface area contributed by atoms with E-state index in [-0.39, 0.29) is 5.82 Å². The Hall–Kier alpha value is -1.09. The second-order valence-electron chi connectivity index (χ2n) is 5.66. The molecule has 0 saturated carbocycles. The molecule has 0 aliphatic carbocycles. The molecule has 1 atom stereocenters. The fourth-order valence-corrected chi connectivity index (χ4v) is 3.03. The van der Waals surface area contributed by atoms with Gasteiger partial charge in [-0.15, -0.1) is 0 Å². The Labute approximate surface area is 116 Å². The fraction of sp³-hybridized carbons (Fsp3) is 0.625. The standard InChI is InChI=1S/C16H25FN2/c1-4-18-11-13-14(17)7-5-8-16(13)19-10-6-9-15(19)12(2)3/h5,7-8,12,15,18H,4,6,9-11H2,1-3H3. The van der Waals surface area contributed by atoms with Crippen LogP contribution in [0.2, 0.25) is 0 Å². The topological polar surface area (TPSA) is 15.3 Å². The zero-order valence-corrected chi connectivity index (χ0v) is 12.2. The van der Waals surface area contributed by atoms with Gasteiger partial charge in [-0.1, -0.05) is 26.8 Å². The van der Waals surface area contributed by atoms with Crippen LogP contribution in [0, 0.1) is 11.7 Å². The van der Waals surface area contributed by atoms with Gasteiger partial charge in [0.15, 0.2) is 0 Å². The summed E-state index contributed by atoms with van der Waals surface area (Å²) in [6, 6.07) is 6.00. The van der Waals surface area contributed by atoms with Gasteiger partial charge in [-0.2, -0.15) is 0 Å². The molecular formula is C16H25FN2. The molecule has 106 valence electrons. The van der Waals surface area contributed by atoms with E-state index in [0.717, 1.165) is 24.3 Å². The van der Waals surface area contributed by atoms with Crippen molar-refractivity contribution in [2.45, 2.75) is 46.2 Å².